The molecule has 154 valence electrons. The molecule has 4 rings (SSSR count). The number of nitrogens with one attached hydrogen (secondary N) is 1. The predicted octanol–water partition coefficient (Wildman–Crippen LogP) is 3.38. The van der Waals surface area contributed by atoms with Gasteiger partial charge in [-0.25, -0.2) is 9.97 Å². The summed E-state index contributed by atoms with van der Waals surface area (Å²) in [6.45, 7) is 9.29. The maximum atomic E-state index is 5.63. The summed E-state index contributed by atoms with van der Waals surface area (Å²) in [7, 11) is 0. The predicted molar refractivity (Wildman–Crippen MR) is 113 cm³/mol. The van der Waals surface area contributed by atoms with E-state index in [0.717, 1.165) is 34.6 Å². The first kappa shape index (κ1) is 19.7. The molecule has 4 heterocycles. The molecule has 9 nitrogen and oxygen atoms in total. The molecule has 0 saturated heterocycles. The van der Waals surface area contributed by atoms with Gasteiger partial charge in [0.1, 0.15) is 11.4 Å². The van der Waals surface area contributed by atoms with Gasteiger partial charge in [-0.2, -0.15) is 5.10 Å². The molecule has 0 radical (unpaired) electrons. The summed E-state index contributed by atoms with van der Waals surface area (Å²) >= 11 is 0. The molecular weight excluding hydrogens is 380 g/mol. The van der Waals surface area contributed by atoms with Gasteiger partial charge in [-0.3, -0.25) is 14.6 Å². The van der Waals surface area contributed by atoms with Crippen molar-refractivity contribution in [2.75, 3.05) is 11.9 Å². The van der Waals surface area contributed by atoms with E-state index in [0.29, 0.717) is 36.2 Å². The Morgan fingerprint density at radius 2 is 1.93 bits per heavy atom. The highest BCUT2D eigenvalue weighted by Crippen LogP contribution is 2.33. The first-order valence-corrected chi connectivity index (χ1v) is 9.90. The Hall–Kier alpha value is -3.62. The van der Waals surface area contributed by atoms with Gasteiger partial charge in [0.15, 0.2) is 5.76 Å². The number of anilines is 1. The van der Waals surface area contributed by atoms with Crippen LogP contribution in [0.1, 0.15) is 29.6 Å². The molecule has 4 aromatic rings. The van der Waals surface area contributed by atoms with E-state index >= 15 is 0 Å². The molecule has 1 N–H and O–H groups in total. The van der Waals surface area contributed by atoms with E-state index < -0.39 is 0 Å². The molecule has 0 unspecified atom stereocenters. The Morgan fingerprint density at radius 1 is 1.07 bits per heavy atom. The minimum atomic E-state index is 0.509. The topological polar surface area (TPSA) is 107 Å². The summed E-state index contributed by atoms with van der Waals surface area (Å²) in [5.74, 6) is 1.18. The first-order chi connectivity index (χ1) is 14.6. The van der Waals surface area contributed by atoms with Crippen molar-refractivity contribution in [1.82, 2.24) is 34.9 Å². The maximum absolute atomic E-state index is 5.63. The second kappa shape index (κ2) is 8.40. The van der Waals surface area contributed by atoms with E-state index in [1.54, 1.807) is 24.8 Å². The molecule has 0 aliphatic carbocycles. The minimum Gasteiger partial charge on any atom is -0.356 e. The van der Waals surface area contributed by atoms with Crippen LogP contribution in [0.5, 0.6) is 0 Å². The number of aromatic nitrogens is 7. The number of hydrogen-bond acceptors (Lipinski definition) is 8. The molecule has 0 aromatic carbocycles. The zero-order valence-electron chi connectivity index (χ0n) is 17.5. The molecule has 9 heteroatoms. The molecular formula is C21H24N8O. The molecule has 0 aliphatic heterocycles. The fraction of sp³-hybridized carbons (Fsp3) is 0.333. The van der Waals surface area contributed by atoms with Gasteiger partial charge in [-0.1, -0.05) is 12.1 Å². The van der Waals surface area contributed by atoms with Crippen molar-refractivity contribution >= 4 is 5.95 Å². The smallest absolute Gasteiger partial charge is 0.223 e. The molecule has 30 heavy (non-hydrogen) atoms. The third-order valence-corrected chi connectivity index (χ3v) is 4.93. The Bertz CT molecular complexity index is 1150. The number of nitrogens with zero attached hydrogens (tertiary/aromatic N) is 7. The van der Waals surface area contributed by atoms with Crippen LogP contribution in [0, 0.1) is 20.8 Å². The van der Waals surface area contributed by atoms with Crippen molar-refractivity contribution in [3.05, 3.63) is 53.5 Å². The van der Waals surface area contributed by atoms with Crippen LogP contribution < -0.4 is 5.32 Å². The minimum absolute atomic E-state index is 0.509. The Balaban J connectivity index is 1.68. The first-order valence-electron chi connectivity index (χ1n) is 9.90. The summed E-state index contributed by atoms with van der Waals surface area (Å²) in [5.41, 5.74) is 5.91. The molecule has 4 aromatic heterocycles. The lowest BCUT2D eigenvalue weighted by molar-refractivity contribution is 0.426. The van der Waals surface area contributed by atoms with Crippen LogP contribution in [0.25, 0.3) is 22.7 Å². The van der Waals surface area contributed by atoms with Crippen molar-refractivity contribution in [1.29, 1.82) is 0 Å². The third-order valence-electron chi connectivity index (χ3n) is 4.93. The van der Waals surface area contributed by atoms with Gasteiger partial charge in [-0.15, -0.1) is 0 Å². The lowest BCUT2D eigenvalue weighted by Crippen LogP contribution is -2.14. The van der Waals surface area contributed by atoms with E-state index in [4.69, 9.17) is 9.51 Å². The monoisotopic (exact) mass is 404 g/mol. The lowest BCUT2D eigenvalue weighted by Gasteiger charge is -2.11. The van der Waals surface area contributed by atoms with Gasteiger partial charge in [-0.05, 0) is 33.3 Å². The fourth-order valence-corrected chi connectivity index (χ4v) is 3.27. The third kappa shape index (κ3) is 3.91. The molecule has 0 fully saturated rings. The Morgan fingerprint density at radius 3 is 2.63 bits per heavy atom. The summed E-state index contributed by atoms with van der Waals surface area (Å²) in [6.07, 6.45) is 7.78. The molecule has 0 spiro atoms. The van der Waals surface area contributed by atoms with E-state index in [9.17, 15) is 0 Å². The summed E-state index contributed by atoms with van der Waals surface area (Å²) < 4.78 is 7.56. The van der Waals surface area contributed by atoms with Crippen LogP contribution in [0.2, 0.25) is 0 Å². The van der Waals surface area contributed by atoms with Crippen LogP contribution in [0.15, 0.2) is 35.4 Å². The van der Waals surface area contributed by atoms with Gasteiger partial charge in [0.2, 0.25) is 5.95 Å². The van der Waals surface area contributed by atoms with E-state index in [-0.39, 0.29) is 0 Å². The maximum Gasteiger partial charge on any atom is 0.223 e. The fourth-order valence-electron chi connectivity index (χ4n) is 3.27. The van der Waals surface area contributed by atoms with Crippen molar-refractivity contribution in [3.8, 4) is 22.7 Å². The molecule has 0 atom stereocenters. The van der Waals surface area contributed by atoms with Crippen molar-refractivity contribution < 1.29 is 4.52 Å². The average molecular weight is 404 g/mol. The molecule has 0 aliphatic rings. The number of rotatable bonds is 7. The van der Waals surface area contributed by atoms with Crippen LogP contribution >= 0.6 is 0 Å². The Kier molecular flexibility index (Phi) is 5.51. The average Bonchev–Trinajstić information content (AvgIpc) is 3.33. The SMILES string of the molecule is CCc1c(C)noc1-c1cnc(NCCn2nccc2C)nc1-c1cnc(C)cn1. The van der Waals surface area contributed by atoms with Crippen LogP contribution in [0.4, 0.5) is 5.95 Å². The molecule has 0 bridgehead atoms. The zero-order chi connectivity index (χ0) is 21.1. The van der Waals surface area contributed by atoms with E-state index in [1.165, 1.54) is 0 Å². The van der Waals surface area contributed by atoms with Crippen molar-refractivity contribution in [2.45, 2.75) is 40.7 Å². The van der Waals surface area contributed by atoms with Crippen molar-refractivity contribution in [2.24, 2.45) is 0 Å². The highest BCUT2D eigenvalue weighted by atomic mass is 16.5. The highest BCUT2D eigenvalue weighted by Gasteiger charge is 2.20. The van der Waals surface area contributed by atoms with Gasteiger partial charge in [0.05, 0.1) is 29.7 Å². The van der Waals surface area contributed by atoms with Gasteiger partial charge in [0, 0.05) is 36.4 Å². The largest absolute Gasteiger partial charge is 0.356 e. The quantitative estimate of drug-likeness (QED) is 0.499. The van der Waals surface area contributed by atoms with E-state index in [1.807, 2.05) is 31.5 Å². The standard InChI is InChI=1S/C21H24N8O/c1-5-16-15(4)28-30-20(16)17-11-25-21(22-8-9-29-14(3)6-7-26-29)27-19(17)18-12-23-13(2)10-24-18/h6-7,10-12H,5,8-9H2,1-4H3,(H,22,25,27). The highest BCUT2D eigenvalue weighted by molar-refractivity contribution is 5.78. The number of aryl methyl sites for hydroxylation is 3. The number of hydrogen-bond donors (Lipinski definition) is 1. The normalized spacial score (nSPS) is 11.1. The Labute approximate surface area is 174 Å². The lowest BCUT2D eigenvalue weighted by atomic mass is 10.0. The summed E-state index contributed by atoms with van der Waals surface area (Å²) in [6, 6.07) is 1.98. The van der Waals surface area contributed by atoms with Crippen molar-refractivity contribution in [3.63, 3.8) is 0 Å². The van der Waals surface area contributed by atoms with Gasteiger partial charge >= 0.3 is 0 Å². The van der Waals surface area contributed by atoms with Gasteiger partial charge < -0.3 is 9.84 Å². The summed E-state index contributed by atoms with van der Waals surface area (Å²) in [5, 5.41) is 11.7. The summed E-state index contributed by atoms with van der Waals surface area (Å²) in [4.78, 5) is 18.1. The van der Waals surface area contributed by atoms with E-state index in [2.05, 4.69) is 37.4 Å². The van der Waals surface area contributed by atoms with Crippen LogP contribution in [0.3, 0.4) is 0 Å². The molecule has 0 saturated carbocycles. The van der Waals surface area contributed by atoms with Crippen LogP contribution in [-0.2, 0) is 13.0 Å². The van der Waals surface area contributed by atoms with Gasteiger partial charge in [0.25, 0.3) is 0 Å². The molecule has 0 amide bonds. The second-order valence-electron chi connectivity index (χ2n) is 7.05. The second-order valence-corrected chi connectivity index (χ2v) is 7.05. The zero-order valence-corrected chi connectivity index (χ0v) is 17.5. The van der Waals surface area contributed by atoms with Crippen LogP contribution in [-0.4, -0.2) is 41.4 Å².